The number of ether oxygens (including phenoxy) is 3. The zero-order chi connectivity index (χ0) is 19.3. The number of carbonyl (C=O) groups is 2. The first-order valence-corrected chi connectivity index (χ1v) is 9.98. The highest BCUT2D eigenvalue weighted by atomic mass is 32.1. The largest absolute Gasteiger partial charge is 0.497 e. The van der Waals surface area contributed by atoms with Gasteiger partial charge in [0.05, 0.1) is 13.3 Å². The van der Waals surface area contributed by atoms with Crippen LogP contribution in [0.2, 0.25) is 0 Å². The summed E-state index contributed by atoms with van der Waals surface area (Å²) in [5, 5.41) is 1.86. The van der Waals surface area contributed by atoms with Crippen molar-refractivity contribution < 1.29 is 23.8 Å². The Kier molecular flexibility index (Phi) is 4.02. The Morgan fingerprint density at radius 1 is 1.14 bits per heavy atom. The Labute approximate surface area is 165 Å². The van der Waals surface area contributed by atoms with Gasteiger partial charge in [-0.3, -0.25) is 0 Å². The number of thiazole rings is 1. The fourth-order valence-corrected chi connectivity index (χ4v) is 5.07. The molecule has 4 fully saturated rings. The Balaban J connectivity index is 1.46. The number of fused-ring (bicyclic) bond motifs is 3. The molecular weight excluding hydrogens is 382 g/mol. The molecular formula is C19H19N3O5S. The van der Waals surface area contributed by atoms with Gasteiger partial charge in [-0.15, -0.1) is 0 Å². The molecule has 5 heterocycles. The number of benzene rings is 1. The summed E-state index contributed by atoms with van der Waals surface area (Å²) < 4.78 is 16.1. The second-order valence-corrected chi connectivity index (χ2v) is 8.08. The van der Waals surface area contributed by atoms with E-state index in [1.54, 1.807) is 18.4 Å². The third-order valence-electron chi connectivity index (χ3n) is 5.54. The molecule has 146 valence electrons. The number of hydrogen-bond donors (Lipinski definition) is 0. The van der Waals surface area contributed by atoms with Crippen molar-refractivity contribution >= 4 is 28.3 Å². The van der Waals surface area contributed by atoms with Gasteiger partial charge in [0.2, 0.25) is 0 Å². The Morgan fingerprint density at radius 3 is 2.46 bits per heavy atom. The molecule has 4 aliphatic rings. The van der Waals surface area contributed by atoms with Crippen molar-refractivity contribution in [1.29, 1.82) is 0 Å². The summed E-state index contributed by atoms with van der Waals surface area (Å²) in [5.41, 5.74) is 1.01. The maximum Gasteiger partial charge on any atom is 0.421 e. The summed E-state index contributed by atoms with van der Waals surface area (Å²) in [4.78, 5) is 32.2. The van der Waals surface area contributed by atoms with Crippen molar-refractivity contribution in [2.45, 2.75) is 24.8 Å². The zero-order valence-corrected chi connectivity index (χ0v) is 16.1. The van der Waals surface area contributed by atoms with Crippen LogP contribution >= 0.6 is 11.3 Å². The smallest absolute Gasteiger partial charge is 0.421 e. The minimum atomic E-state index is -1.33. The van der Waals surface area contributed by atoms with E-state index in [1.807, 2.05) is 35.4 Å². The quantitative estimate of drug-likeness (QED) is 0.570. The van der Waals surface area contributed by atoms with Crippen molar-refractivity contribution in [3.05, 3.63) is 30.5 Å². The Morgan fingerprint density at radius 2 is 1.82 bits per heavy atom. The third kappa shape index (κ3) is 2.73. The molecule has 8 nitrogen and oxygen atoms in total. The molecule has 28 heavy (non-hydrogen) atoms. The first-order valence-electron chi connectivity index (χ1n) is 9.16. The average molecular weight is 401 g/mol. The molecule has 0 aliphatic carbocycles. The molecule has 0 atom stereocenters. The molecule has 2 aromatic rings. The van der Waals surface area contributed by atoms with Crippen LogP contribution < -0.4 is 9.64 Å². The number of piperidine rings is 1. The van der Waals surface area contributed by atoms with E-state index in [4.69, 9.17) is 14.2 Å². The number of anilines is 1. The van der Waals surface area contributed by atoms with Gasteiger partial charge in [-0.2, -0.15) is 0 Å². The van der Waals surface area contributed by atoms with Crippen molar-refractivity contribution in [2.75, 3.05) is 31.6 Å². The lowest BCUT2D eigenvalue weighted by Crippen LogP contribution is -2.54. The monoisotopic (exact) mass is 401 g/mol. The van der Waals surface area contributed by atoms with Gasteiger partial charge in [-0.25, -0.2) is 19.5 Å². The molecule has 4 saturated heterocycles. The predicted molar refractivity (Wildman–Crippen MR) is 101 cm³/mol. The average Bonchev–Trinajstić information content (AvgIpc) is 3.25. The molecule has 0 radical (unpaired) electrons. The van der Waals surface area contributed by atoms with Crippen LogP contribution in [0, 0.1) is 0 Å². The van der Waals surface area contributed by atoms with E-state index >= 15 is 0 Å². The molecule has 0 saturated carbocycles. The van der Waals surface area contributed by atoms with Crippen LogP contribution in [0.4, 0.5) is 5.00 Å². The van der Waals surface area contributed by atoms with Gasteiger partial charge in [0.25, 0.3) is 0 Å². The van der Waals surface area contributed by atoms with Crippen LogP contribution in [0.15, 0.2) is 30.5 Å². The molecule has 1 aromatic carbocycles. The fraction of sp³-hybridized carbons (Fsp3) is 0.421. The van der Waals surface area contributed by atoms with Crippen molar-refractivity contribution in [3.8, 4) is 16.3 Å². The van der Waals surface area contributed by atoms with Gasteiger partial charge in [0.15, 0.2) is 0 Å². The van der Waals surface area contributed by atoms with Gasteiger partial charge in [-0.05, 0) is 37.1 Å². The molecule has 1 spiro atoms. The first kappa shape index (κ1) is 17.4. The van der Waals surface area contributed by atoms with Crippen molar-refractivity contribution in [2.24, 2.45) is 0 Å². The summed E-state index contributed by atoms with van der Waals surface area (Å²) >= 11 is 1.57. The highest BCUT2D eigenvalue weighted by molar-refractivity contribution is 7.18. The minimum Gasteiger partial charge on any atom is -0.497 e. The maximum atomic E-state index is 11.8. The highest BCUT2D eigenvalue weighted by Crippen LogP contribution is 2.41. The normalized spacial score (nSPS) is 25.5. The van der Waals surface area contributed by atoms with Crippen LogP contribution in [-0.4, -0.2) is 60.5 Å². The van der Waals surface area contributed by atoms with E-state index in [0.717, 1.165) is 34.2 Å². The summed E-state index contributed by atoms with van der Waals surface area (Å²) in [6, 6.07) is 8.05. The topological polar surface area (TPSA) is 81.2 Å². The number of aromatic nitrogens is 1. The third-order valence-corrected chi connectivity index (χ3v) is 6.63. The Hall–Kier alpha value is -2.65. The number of esters is 2. The highest BCUT2D eigenvalue weighted by Gasteiger charge is 2.57. The lowest BCUT2D eigenvalue weighted by atomic mass is 10.1. The SMILES string of the molecule is COc1ccc(-c2ncc(N3CC4(OC(=O)C(=O)O4)N4CCC3CC4)s2)cc1. The summed E-state index contributed by atoms with van der Waals surface area (Å²) in [5.74, 6) is -2.38. The number of rotatable bonds is 3. The van der Waals surface area contributed by atoms with Crippen LogP contribution in [0.3, 0.4) is 0 Å². The van der Waals surface area contributed by atoms with E-state index in [-0.39, 0.29) is 6.04 Å². The van der Waals surface area contributed by atoms with E-state index in [9.17, 15) is 9.59 Å². The van der Waals surface area contributed by atoms with Gasteiger partial charge < -0.3 is 19.1 Å². The van der Waals surface area contributed by atoms with Gasteiger partial charge >= 0.3 is 17.8 Å². The molecule has 1 aromatic heterocycles. The van der Waals surface area contributed by atoms with Gasteiger partial charge in [0, 0.05) is 24.7 Å². The summed E-state index contributed by atoms with van der Waals surface area (Å²) in [6.45, 7) is 1.72. The molecule has 2 bridgehead atoms. The Bertz CT molecular complexity index is 904. The predicted octanol–water partition coefficient (Wildman–Crippen LogP) is 1.86. The van der Waals surface area contributed by atoms with E-state index in [1.165, 1.54) is 0 Å². The van der Waals surface area contributed by atoms with Crippen LogP contribution in [0.25, 0.3) is 10.6 Å². The lowest BCUT2D eigenvalue weighted by Gasteiger charge is -2.35. The second-order valence-electron chi connectivity index (χ2n) is 7.07. The minimum absolute atomic E-state index is 0.290. The molecule has 4 aliphatic heterocycles. The van der Waals surface area contributed by atoms with Crippen LogP contribution in [0.5, 0.6) is 5.75 Å². The van der Waals surface area contributed by atoms with E-state index in [0.29, 0.717) is 19.6 Å². The molecule has 0 N–H and O–H groups in total. The second kappa shape index (κ2) is 6.46. The summed E-state index contributed by atoms with van der Waals surface area (Å²) in [7, 11) is 1.64. The lowest BCUT2D eigenvalue weighted by molar-refractivity contribution is -0.241. The molecule has 6 rings (SSSR count). The fourth-order valence-electron chi connectivity index (χ4n) is 4.07. The number of hydrogen-bond acceptors (Lipinski definition) is 9. The maximum absolute atomic E-state index is 11.8. The number of nitrogens with zero attached hydrogens (tertiary/aromatic N) is 3. The number of carbonyl (C=O) groups excluding carboxylic acids is 2. The van der Waals surface area contributed by atoms with Crippen molar-refractivity contribution in [3.63, 3.8) is 0 Å². The van der Waals surface area contributed by atoms with Crippen LogP contribution in [0.1, 0.15) is 12.8 Å². The zero-order valence-electron chi connectivity index (χ0n) is 15.3. The molecule has 9 heteroatoms. The van der Waals surface area contributed by atoms with Crippen molar-refractivity contribution in [1.82, 2.24) is 9.88 Å². The number of methoxy groups -OCH3 is 1. The van der Waals surface area contributed by atoms with E-state index in [2.05, 4.69) is 9.88 Å². The molecule has 0 unspecified atom stereocenters. The van der Waals surface area contributed by atoms with Crippen LogP contribution in [-0.2, 0) is 19.1 Å². The van der Waals surface area contributed by atoms with Gasteiger partial charge in [-0.1, -0.05) is 11.3 Å². The summed E-state index contributed by atoms with van der Waals surface area (Å²) in [6.07, 6.45) is 3.66. The van der Waals surface area contributed by atoms with E-state index < -0.39 is 17.8 Å². The molecule has 0 amide bonds. The van der Waals surface area contributed by atoms with Gasteiger partial charge in [0.1, 0.15) is 22.3 Å². The standard InChI is InChI=1S/C19H19N3O5S/c1-25-14-4-2-12(3-5-14)16-20-10-15(28-16)22-11-19(26-17(23)18(24)27-19)21-8-6-13(22)7-9-21/h2-5,10,13H,6-9,11H2,1H3. The first-order chi connectivity index (χ1) is 13.6.